The summed E-state index contributed by atoms with van der Waals surface area (Å²) in [5, 5.41) is 0. The lowest BCUT2D eigenvalue weighted by Gasteiger charge is -2.41. The molecule has 2 atom stereocenters. The molecule has 2 heterocycles. The molecule has 0 N–H and O–H groups in total. The van der Waals surface area contributed by atoms with E-state index >= 15 is 0 Å². The fourth-order valence-electron chi connectivity index (χ4n) is 4.98. The Bertz CT molecular complexity index is 1390. The summed E-state index contributed by atoms with van der Waals surface area (Å²) in [4.78, 5) is 2.70. The number of halogens is 1. The molecule has 8 heteroatoms. The third-order valence-electron chi connectivity index (χ3n) is 6.87. The minimum atomic E-state index is -1.88. The van der Waals surface area contributed by atoms with E-state index in [0.717, 1.165) is 43.0 Å². The van der Waals surface area contributed by atoms with Crippen molar-refractivity contribution in [2.75, 3.05) is 27.9 Å². The Kier molecular flexibility index (Phi) is 9.43. The van der Waals surface area contributed by atoms with Gasteiger partial charge >= 0.3 is 0 Å². The van der Waals surface area contributed by atoms with Gasteiger partial charge in [0.2, 0.25) is 11.1 Å². The van der Waals surface area contributed by atoms with Gasteiger partial charge in [-0.05, 0) is 84.5 Å². The Balaban J connectivity index is 0.000000648. The lowest BCUT2D eigenvalue weighted by atomic mass is 9.83. The molecule has 0 spiro atoms. The molecule has 206 valence electrons. The highest BCUT2D eigenvalue weighted by molar-refractivity contribution is 7.80. The van der Waals surface area contributed by atoms with Gasteiger partial charge < -0.3 is 18.4 Å². The Labute approximate surface area is 232 Å². The first kappa shape index (κ1) is 28.4. The fourth-order valence-corrected chi connectivity index (χ4v) is 5.77. The molecular weight excluding hydrogens is 517 g/mol. The van der Waals surface area contributed by atoms with Crippen LogP contribution in [0.3, 0.4) is 0 Å². The van der Waals surface area contributed by atoms with Gasteiger partial charge in [0.25, 0.3) is 0 Å². The fraction of sp³-hybridized carbons (Fsp3) is 0.290. The smallest absolute Gasteiger partial charge is 0.240 e. The van der Waals surface area contributed by atoms with Crippen LogP contribution in [0.4, 0.5) is 4.39 Å². The summed E-state index contributed by atoms with van der Waals surface area (Å²) in [5.41, 5.74) is 4.76. The molecule has 0 saturated heterocycles. The molecule has 0 radical (unpaired) electrons. The Hall–Kier alpha value is -3.62. The van der Waals surface area contributed by atoms with Crippen molar-refractivity contribution in [2.45, 2.75) is 37.2 Å². The normalized spacial score (nSPS) is 16.6. The van der Waals surface area contributed by atoms with Crippen LogP contribution in [-0.4, -0.2) is 37.0 Å². The number of methoxy groups -OCH3 is 3. The Morgan fingerprint density at radius 2 is 1.62 bits per heavy atom. The molecule has 0 aliphatic carbocycles. The van der Waals surface area contributed by atoms with Gasteiger partial charge in [0.1, 0.15) is 5.82 Å². The average Bonchev–Trinajstić information content (AvgIpc) is 2.95. The second-order valence-electron chi connectivity index (χ2n) is 9.16. The quantitative estimate of drug-likeness (QED) is 0.319. The summed E-state index contributed by atoms with van der Waals surface area (Å²) in [6, 6.07) is 13.8. The molecule has 5 rings (SSSR count). The minimum Gasteiger partial charge on any atom is -0.493 e. The van der Waals surface area contributed by atoms with E-state index in [9.17, 15) is 8.60 Å². The van der Waals surface area contributed by atoms with Gasteiger partial charge in [-0.3, -0.25) is 4.90 Å². The number of fused-ring (bicyclic) bond motifs is 4. The van der Waals surface area contributed by atoms with Crippen molar-refractivity contribution < 1.29 is 27.0 Å². The molecule has 0 aromatic heterocycles. The SMILES string of the molecule is C=C/C=C\C.COc1cc2c(cc1OC)CN1CCc3cc(OC)c(OS(=O)c4cccc(F)c4)cc3C1C2. The van der Waals surface area contributed by atoms with E-state index in [1.807, 2.05) is 31.2 Å². The number of benzene rings is 3. The van der Waals surface area contributed by atoms with Gasteiger partial charge in [-0.1, -0.05) is 30.9 Å². The van der Waals surface area contributed by atoms with Crippen LogP contribution in [-0.2, 0) is 30.5 Å². The maximum Gasteiger partial charge on any atom is 0.240 e. The van der Waals surface area contributed by atoms with Crippen LogP contribution in [0.1, 0.15) is 35.2 Å². The summed E-state index contributed by atoms with van der Waals surface area (Å²) in [5.74, 6) is 1.88. The van der Waals surface area contributed by atoms with Crippen molar-refractivity contribution in [2.24, 2.45) is 0 Å². The van der Waals surface area contributed by atoms with Gasteiger partial charge in [0.05, 0.1) is 26.2 Å². The van der Waals surface area contributed by atoms with E-state index < -0.39 is 16.9 Å². The highest BCUT2D eigenvalue weighted by Gasteiger charge is 2.34. The van der Waals surface area contributed by atoms with E-state index in [2.05, 4.69) is 23.6 Å². The first-order valence-corrected chi connectivity index (χ1v) is 13.8. The highest BCUT2D eigenvalue weighted by Crippen LogP contribution is 2.44. The van der Waals surface area contributed by atoms with Gasteiger partial charge in [-0.15, -0.1) is 0 Å². The van der Waals surface area contributed by atoms with Crippen LogP contribution in [0.2, 0.25) is 0 Å². The van der Waals surface area contributed by atoms with Crippen LogP contribution in [0, 0.1) is 5.82 Å². The molecule has 0 saturated carbocycles. The second-order valence-corrected chi connectivity index (χ2v) is 10.3. The molecule has 3 aromatic carbocycles. The summed E-state index contributed by atoms with van der Waals surface area (Å²) in [7, 11) is 4.85. The Morgan fingerprint density at radius 1 is 0.949 bits per heavy atom. The topological polar surface area (TPSA) is 57.2 Å². The summed E-state index contributed by atoms with van der Waals surface area (Å²) in [6.45, 7) is 7.15. The van der Waals surface area contributed by atoms with Crippen LogP contribution in [0.15, 0.2) is 78.2 Å². The molecule has 2 aliphatic heterocycles. The summed E-state index contributed by atoms with van der Waals surface area (Å²) >= 11 is -1.88. The van der Waals surface area contributed by atoms with Crippen molar-refractivity contribution in [3.8, 4) is 23.0 Å². The first-order valence-electron chi connectivity index (χ1n) is 12.7. The highest BCUT2D eigenvalue weighted by atomic mass is 32.2. The predicted octanol–water partition coefficient (Wildman–Crippen LogP) is 6.36. The van der Waals surface area contributed by atoms with Crippen molar-refractivity contribution >= 4 is 11.1 Å². The second kappa shape index (κ2) is 13.0. The zero-order valence-corrected chi connectivity index (χ0v) is 23.6. The zero-order valence-electron chi connectivity index (χ0n) is 22.7. The zero-order chi connectivity index (χ0) is 27.9. The number of ether oxygens (including phenoxy) is 3. The monoisotopic (exact) mass is 551 g/mol. The van der Waals surface area contributed by atoms with E-state index in [-0.39, 0.29) is 10.9 Å². The van der Waals surface area contributed by atoms with Crippen molar-refractivity contribution in [1.29, 1.82) is 0 Å². The number of nitrogens with zero attached hydrogens (tertiary/aromatic N) is 1. The third kappa shape index (κ3) is 6.34. The molecular formula is C31H34FNO5S. The van der Waals surface area contributed by atoms with Gasteiger partial charge in [-0.25, -0.2) is 8.60 Å². The van der Waals surface area contributed by atoms with E-state index in [1.165, 1.54) is 34.9 Å². The Morgan fingerprint density at radius 3 is 2.23 bits per heavy atom. The van der Waals surface area contributed by atoms with Gasteiger partial charge in [-0.2, -0.15) is 0 Å². The van der Waals surface area contributed by atoms with Gasteiger partial charge in [0.15, 0.2) is 23.0 Å². The summed E-state index contributed by atoms with van der Waals surface area (Å²) in [6.07, 6.45) is 7.26. The molecule has 2 unspecified atom stereocenters. The lowest BCUT2D eigenvalue weighted by Crippen LogP contribution is -2.39. The maximum atomic E-state index is 13.6. The number of rotatable bonds is 7. The largest absolute Gasteiger partial charge is 0.493 e. The number of hydrogen-bond donors (Lipinski definition) is 0. The van der Waals surface area contributed by atoms with E-state index in [0.29, 0.717) is 11.5 Å². The molecule has 0 fully saturated rings. The predicted molar refractivity (Wildman–Crippen MR) is 152 cm³/mol. The molecule has 39 heavy (non-hydrogen) atoms. The van der Waals surface area contributed by atoms with Crippen LogP contribution >= 0.6 is 0 Å². The number of hydrogen-bond acceptors (Lipinski definition) is 6. The van der Waals surface area contributed by atoms with Crippen molar-refractivity contribution in [3.63, 3.8) is 0 Å². The van der Waals surface area contributed by atoms with Crippen LogP contribution in [0.5, 0.6) is 23.0 Å². The van der Waals surface area contributed by atoms with E-state index in [4.69, 9.17) is 18.4 Å². The van der Waals surface area contributed by atoms with Crippen LogP contribution < -0.4 is 18.4 Å². The summed E-state index contributed by atoms with van der Waals surface area (Å²) < 4.78 is 48.8. The standard InChI is InChI=1S/C26H26FNO5S.C5H8/c1-30-23-11-17-9-22-21-14-26(33-34(29)20-6-4-5-19(27)13-20)25(32-3)10-16(21)7-8-28(22)15-18(17)12-24(23)31-2;1-3-5-4-2/h4-6,10-14,22H,7-9,15H2,1-3H3;3-5H,1H2,2H3/b;5-4-. The van der Waals surface area contributed by atoms with Crippen LogP contribution in [0.25, 0.3) is 0 Å². The lowest BCUT2D eigenvalue weighted by molar-refractivity contribution is 0.160. The van der Waals surface area contributed by atoms with Crippen molar-refractivity contribution in [3.05, 3.63) is 101 Å². The molecule has 0 amide bonds. The first-order chi connectivity index (χ1) is 18.9. The minimum absolute atomic E-state index is 0.144. The maximum absolute atomic E-state index is 13.6. The molecule has 0 bridgehead atoms. The van der Waals surface area contributed by atoms with Gasteiger partial charge in [0, 0.05) is 19.1 Å². The molecule has 3 aromatic rings. The van der Waals surface area contributed by atoms with E-state index in [1.54, 1.807) is 33.5 Å². The molecule has 6 nitrogen and oxygen atoms in total. The van der Waals surface area contributed by atoms with Crippen molar-refractivity contribution in [1.82, 2.24) is 4.90 Å². The molecule has 2 aliphatic rings. The third-order valence-corrected chi connectivity index (χ3v) is 7.84. The average molecular weight is 552 g/mol. The number of allylic oxidation sites excluding steroid dienone is 3.